The van der Waals surface area contributed by atoms with Gasteiger partial charge >= 0.3 is 6.18 Å². The second kappa shape index (κ2) is 5.54. The van der Waals surface area contributed by atoms with Crippen LogP contribution in [0.15, 0.2) is 30.7 Å². The van der Waals surface area contributed by atoms with Crippen LogP contribution in [0.2, 0.25) is 0 Å². The van der Waals surface area contributed by atoms with Crippen molar-refractivity contribution in [3.63, 3.8) is 0 Å². The van der Waals surface area contributed by atoms with Crippen LogP contribution in [0.1, 0.15) is 16.8 Å². The third kappa shape index (κ3) is 3.11. The Kier molecular flexibility index (Phi) is 3.99. The fourth-order valence-electron chi connectivity index (χ4n) is 1.73. The van der Waals surface area contributed by atoms with Gasteiger partial charge in [-0.2, -0.15) is 13.2 Å². The molecule has 0 aliphatic rings. The predicted molar refractivity (Wildman–Crippen MR) is 66.9 cm³/mol. The van der Waals surface area contributed by atoms with Crippen molar-refractivity contribution in [3.05, 3.63) is 47.5 Å². The summed E-state index contributed by atoms with van der Waals surface area (Å²) < 4.78 is 45.9. The van der Waals surface area contributed by atoms with E-state index in [4.69, 9.17) is 10.5 Å². The molecule has 4 nitrogen and oxygen atoms in total. The van der Waals surface area contributed by atoms with E-state index in [1.807, 2.05) is 0 Å². The van der Waals surface area contributed by atoms with Crippen LogP contribution in [0.25, 0.3) is 0 Å². The lowest BCUT2D eigenvalue weighted by Gasteiger charge is -2.15. The average molecular weight is 285 g/mol. The number of aromatic nitrogens is 2. The van der Waals surface area contributed by atoms with Crippen LogP contribution in [0.5, 0.6) is 5.75 Å². The van der Waals surface area contributed by atoms with Crippen LogP contribution in [-0.4, -0.2) is 9.55 Å². The number of aryl methyl sites for hydroxylation is 1. The van der Waals surface area contributed by atoms with Crippen LogP contribution < -0.4 is 10.5 Å². The number of hydrogen-bond donors (Lipinski definition) is 1. The van der Waals surface area contributed by atoms with Gasteiger partial charge < -0.3 is 15.0 Å². The topological polar surface area (TPSA) is 53.1 Å². The van der Waals surface area contributed by atoms with Gasteiger partial charge in [0.25, 0.3) is 0 Å². The largest absolute Gasteiger partial charge is 0.487 e. The molecule has 0 bridgehead atoms. The number of imidazole rings is 1. The summed E-state index contributed by atoms with van der Waals surface area (Å²) in [5, 5.41) is 0. The monoisotopic (exact) mass is 285 g/mol. The van der Waals surface area contributed by atoms with Gasteiger partial charge in [-0.25, -0.2) is 4.98 Å². The van der Waals surface area contributed by atoms with E-state index in [-0.39, 0.29) is 18.9 Å². The van der Waals surface area contributed by atoms with E-state index in [1.165, 1.54) is 12.1 Å². The highest BCUT2D eigenvalue weighted by molar-refractivity contribution is 5.39. The molecule has 2 rings (SSSR count). The van der Waals surface area contributed by atoms with Crippen LogP contribution >= 0.6 is 0 Å². The second-order valence-electron chi connectivity index (χ2n) is 4.32. The molecule has 1 aromatic carbocycles. The highest BCUT2D eigenvalue weighted by atomic mass is 19.4. The molecule has 2 N–H and O–H groups in total. The minimum atomic E-state index is -4.48. The Hall–Kier alpha value is -2.02. The van der Waals surface area contributed by atoms with E-state index < -0.39 is 11.7 Å². The lowest BCUT2D eigenvalue weighted by molar-refractivity contribution is -0.139. The number of nitrogens with zero attached hydrogens (tertiary/aromatic N) is 2. The summed E-state index contributed by atoms with van der Waals surface area (Å²) in [4.78, 5) is 3.88. The predicted octanol–water partition coefficient (Wildman–Crippen LogP) is 2.48. The smallest absolute Gasteiger partial charge is 0.419 e. The second-order valence-corrected chi connectivity index (χ2v) is 4.32. The summed E-state index contributed by atoms with van der Waals surface area (Å²) in [5.74, 6) is -0.212. The molecule has 1 aromatic heterocycles. The van der Waals surface area contributed by atoms with Crippen molar-refractivity contribution in [2.45, 2.75) is 19.3 Å². The van der Waals surface area contributed by atoms with Gasteiger partial charge in [-0.15, -0.1) is 0 Å². The van der Waals surface area contributed by atoms with E-state index in [9.17, 15) is 13.2 Å². The van der Waals surface area contributed by atoms with Crippen molar-refractivity contribution in [2.24, 2.45) is 12.8 Å². The van der Waals surface area contributed by atoms with Gasteiger partial charge in [0.2, 0.25) is 0 Å². The van der Waals surface area contributed by atoms with Crippen molar-refractivity contribution >= 4 is 0 Å². The van der Waals surface area contributed by atoms with Gasteiger partial charge in [0.05, 0.1) is 23.8 Å². The summed E-state index contributed by atoms with van der Waals surface area (Å²) in [7, 11) is 1.74. The van der Waals surface area contributed by atoms with Crippen molar-refractivity contribution < 1.29 is 17.9 Å². The maximum Gasteiger partial charge on any atom is 0.419 e. The number of rotatable bonds is 4. The van der Waals surface area contributed by atoms with Crippen LogP contribution in [0.3, 0.4) is 0 Å². The van der Waals surface area contributed by atoms with E-state index in [0.717, 1.165) is 6.07 Å². The number of halogens is 3. The molecule has 108 valence electrons. The molecule has 2 aromatic rings. The first-order valence-corrected chi connectivity index (χ1v) is 5.90. The van der Waals surface area contributed by atoms with Crippen LogP contribution in [-0.2, 0) is 26.4 Å². The quantitative estimate of drug-likeness (QED) is 0.939. The zero-order valence-corrected chi connectivity index (χ0v) is 10.8. The molecular formula is C13H14F3N3O. The minimum absolute atomic E-state index is 0.0154. The number of nitrogens with two attached hydrogens (primary N) is 1. The van der Waals surface area contributed by atoms with Crippen molar-refractivity contribution in [2.75, 3.05) is 0 Å². The zero-order valence-electron chi connectivity index (χ0n) is 10.8. The number of ether oxygens (including phenoxy) is 1. The molecule has 0 spiro atoms. The van der Waals surface area contributed by atoms with E-state index in [2.05, 4.69) is 4.98 Å². The maximum atomic E-state index is 13.0. The summed E-state index contributed by atoms with van der Waals surface area (Å²) >= 11 is 0. The van der Waals surface area contributed by atoms with Gasteiger partial charge in [-0.3, -0.25) is 0 Å². The van der Waals surface area contributed by atoms with Gasteiger partial charge in [0.1, 0.15) is 12.4 Å². The van der Waals surface area contributed by atoms with Crippen molar-refractivity contribution in [1.82, 2.24) is 9.55 Å². The van der Waals surface area contributed by atoms with Gasteiger partial charge in [0.15, 0.2) is 0 Å². The molecule has 0 radical (unpaired) electrons. The average Bonchev–Trinajstić information content (AvgIpc) is 2.80. The Morgan fingerprint density at radius 2 is 2.10 bits per heavy atom. The minimum Gasteiger partial charge on any atom is -0.487 e. The SMILES string of the molecule is Cn1cncc1COc1ccc(CN)cc1C(F)(F)F. The van der Waals surface area contributed by atoms with Crippen molar-refractivity contribution in [3.8, 4) is 5.75 Å². The van der Waals surface area contributed by atoms with Gasteiger partial charge in [-0.05, 0) is 17.7 Å². The maximum absolute atomic E-state index is 13.0. The fraction of sp³-hybridized carbons (Fsp3) is 0.308. The molecule has 1 heterocycles. The molecule has 0 aliphatic carbocycles. The first-order chi connectivity index (χ1) is 9.41. The zero-order chi connectivity index (χ0) is 14.8. The lowest BCUT2D eigenvalue weighted by atomic mass is 10.1. The van der Waals surface area contributed by atoms with Crippen LogP contribution in [0, 0.1) is 0 Å². The molecule has 0 aliphatic heterocycles. The molecule has 7 heteroatoms. The lowest BCUT2D eigenvalue weighted by Crippen LogP contribution is -2.11. The molecule has 0 amide bonds. The van der Waals surface area contributed by atoms with Gasteiger partial charge in [-0.1, -0.05) is 6.07 Å². The Morgan fingerprint density at radius 1 is 1.35 bits per heavy atom. The summed E-state index contributed by atoms with van der Waals surface area (Å²) in [6.07, 6.45) is -1.38. The third-order valence-electron chi connectivity index (χ3n) is 2.88. The Balaban J connectivity index is 2.25. The van der Waals surface area contributed by atoms with E-state index in [1.54, 1.807) is 24.1 Å². The molecule has 0 unspecified atom stereocenters. The molecule has 0 saturated carbocycles. The molecule has 0 saturated heterocycles. The fourth-order valence-corrected chi connectivity index (χ4v) is 1.73. The van der Waals surface area contributed by atoms with Gasteiger partial charge in [0, 0.05) is 13.6 Å². The molecule has 20 heavy (non-hydrogen) atoms. The Labute approximate surface area is 114 Å². The first-order valence-electron chi connectivity index (χ1n) is 5.90. The first kappa shape index (κ1) is 14.4. The molecule has 0 fully saturated rings. The summed E-state index contributed by atoms with van der Waals surface area (Å²) in [6, 6.07) is 3.83. The van der Waals surface area contributed by atoms with E-state index in [0.29, 0.717) is 11.3 Å². The summed E-state index contributed by atoms with van der Waals surface area (Å²) in [6.45, 7) is 0.0621. The third-order valence-corrected chi connectivity index (χ3v) is 2.88. The number of hydrogen-bond acceptors (Lipinski definition) is 3. The Bertz CT molecular complexity index is 593. The number of alkyl halides is 3. The van der Waals surface area contributed by atoms with E-state index >= 15 is 0 Å². The number of benzene rings is 1. The van der Waals surface area contributed by atoms with Crippen LogP contribution in [0.4, 0.5) is 13.2 Å². The normalized spacial score (nSPS) is 11.7. The van der Waals surface area contributed by atoms with Crippen molar-refractivity contribution in [1.29, 1.82) is 0 Å². The molecule has 0 atom stereocenters. The highest BCUT2D eigenvalue weighted by Gasteiger charge is 2.34. The Morgan fingerprint density at radius 3 is 2.65 bits per heavy atom. The molecular weight excluding hydrogens is 271 g/mol. The summed E-state index contributed by atoms with van der Waals surface area (Å²) in [5.41, 5.74) is 5.64. The highest BCUT2D eigenvalue weighted by Crippen LogP contribution is 2.37. The standard InChI is InChI=1S/C13H14F3N3O/c1-19-8-18-6-10(19)7-20-12-3-2-9(5-17)4-11(12)13(14,15)16/h2-4,6,8H,5,7,17H2,1H3.